The van der Waals surface area contributed by atoms with Crippen LogP contribution in [-0.2, 0) is 0 Å². The highest BCUT2D eigenvalue weighted by molar-refractivity contribution is 6.32. The third-order valence-corrected chi connectivity index (χ3v) is 3.43. The molecule has 0 atom stereocenters. The van der Waals surface area contributed by atoms with Crippen molar-refractivity contribution in [2.45, 2.75) is 0 Å². The van der Waals surface area contributed by atoms with Gasteiger partial charge in [0.2, 0.25) is 0 Å². The van der Waals surface area contributed by atoms with Crippen LogP contribution in [0.25, 0.3) is 16.8 Å². The van der Waals surface area contributed by atoms with Crippen molar-refractivity contribution in [3.05, 3.63) is 65.4 Å². The van der Waals surface area contributed by atoms with E-state index in [1.807, 2.05) is 30.5 Å². The van der Waals surface area contributed by atoms with E-state index in [1.165, 1.54) is 0 Å². The van der Waals surface area contributed by atoms with Gasteiger partial charge >= 0.3 is 0 Å². The number of aromatic nitrogens is 2. The minimum absolute atomic E-state index is 0.483. The van der Waals surface area contributed by atoms with Crippen LogP contribution in [0, 0.1) is 11.3 Å². The van der Waals surface area contributed by atoms with Crippen molar-refractivity contribution in [2.75, 3.05) is 5.73 Å². The fourth-order valence-electron chi connectivity index (χ4n) is 2.08. The number of nitrogen functional groups attached to an aromatic ring is 1. The second-order valence-corrected chi connectivity index (χ2v) is 4.98. The van der Waals surface area contributed by atoms with Crippen LogP contribution in [0.3, 0.4) is 0 Å². The zero-order valence-corrected chi connectivity index (χ0v) is 11.7. The van der Waals surface area contributed by atoms with Crippen molar-refractivity contribution < 1.29 is 0 Å². The summed E-state index contributed by atoms with van der Waals surface area (Å²) in [5.74, 6) is 0. The number of hydrogen-bond donors (Lipinski definition) is 1. The molecule has 4 nitrogen and oxygen atoms in total. The number of nitrogens with two attached hydrogens (primary N) is 1. The Labute approximate surface area is 127 Å². The van der Waals surface area contributed by atoms with Gasteiger partial charge in [-0.15, -0.1) is 0 Å². The van der Waals surface area contributed by atoms with E-state index in [-0.39, 0.29) is 0 Å². The number of nitrogens with zero attached hydrogens (tertiary/aromatic N) is 3. The maximum atomic E-state index is 8.86. The Balaban J connectivity index is 2.01. The molecular weight excluding hydrogens is 284 g/mol. The first-order valence-electron chi connectivity index (χ1n) is 6.28. The number of benzene rings is 2. The van der Waals surface area contributed by atoms with Gasteiger partial charge in [-0.3, -0.25) is 0 Å². The summed E-state index contributed by atoms with van der Waals surface area (Å²) in [6, 6.07) is 14.8. The van der Waals surface area contributed by atoms with E-state index in [2.05, 4.69) is 11.2 Å². The highest BCUT2D eigenvalue weighted by Crippen LogP contribution is 2.25. The van der Waals surface area contributed by atoms with Crippen molar-refractivity contribution in [2.24, 2.45) is 0 Å². The maximum absolute atomic E-state index is 8.86. The molecule has 2 aromatic carbocycles. The summed E-state index contributed by atoms with van der Waals surface area (Å²) in [6.45, 7) is 0. The summed E-state index contributed by atoms with van der Waals surface area (Å²) in [4.78, 5) is 0. The molecule has 2 N–H and O–H groups in total. The van der Waals surface area contributed by atoms with Gasteiger partial charge in [-0.25, -0.2) is 4.68 Å². The van der Waals surface area contributed by atoms with Gasteiger partial charge in [-0.2, -0.15) is 10.4 Å². The molecule has 0 amide bonds. The first kappa shape index (κ1) is 13.2. The lowest BCUT2D eigenvalue weighted by molar-refractivity contribution is 0.880. The minimum Gasteiger partial charge on any atom is -0.399 e. The lowest BCUT2D eigenvalue weighted by atomic mass is 10.1. The van der Waals surface area contributed by atoms with Crippen LogP contribution in [0.5, 0.6) is 0 Å². The fraction of sp³-hybridized carbons (Fsp3) is 0. The van der Waals surface area contributed by atoms with E-state index in [0.717, 1.165) is 16.8 Å². The van der Waals surface area contributed by atoms with E-state index in [1.54, 1.807) is 29.1 Å². The third kappa shape index (κ3) is 2.60. The molecule has 0 saturated heterocycles. The topological polar surface area (TPSA) is 67.6 Å². The molecule has 102 valence electrons. The molecule has 0 radical (unpaired) electrons. The smallest absolute Gasteiger partial charge is 0.0992 e. The summed E-state index contributed by atoms with van der Waals surface area (Å²) in [7, 11) is 0. The summed E-state index contributed by atoms with van der Waals surface area (Å²) in [5, 5.41) is 13.7. The van der Waals surface area contributed by atoms with E-state index in [0.29, 0.717) is 16.3 Å². The molecule has 1 heterocycles. The first-order chi connectivity index (χ1) is 10.2. The average Bonchev–Trinajstić information content (AvgIpc) is 2.96. The highest BCUT2D eigenvalue weighted by atomic mass is 35.5. The summed E-state index contributed by atoms with van der Waals surface area (Å²) >= 11 is 6.19. The van der Waals surface area contributed by atoms with Crippen LogP contribution in [0.15, 0.2) is 54.9 Å². The van der Waals surface area contributed by atoms with Crippen molar-refractivity contribution in [1.29, 1.82) is 5.26 Å². The highest BCUT2D eigenvalue weighted by Gasteiger charge is 2.07. The van der Waals surface area contributed by atoms with Gasteiger partial charge in [0.25, 0.3) is 0 Å². The fourth-order valence-corrected chi connectivity index (χ4v) is 2.35. The van der Waals surface area contributed by atoms with Crippen LogP contribution in [0.4, 0.5) is 5.69 Å². The largest absolute Gasteiger partial charge is 0.399 e. The molecule has 0 saturated carbocycles. The van der Waals surface area contributed by atoms with E-state index < -0.39 is 0 Å². The zero-order valence-electron chi connectivity index (χ0n) is 11.0. The van der Waals surface area contributed by atoms with Crippen LogP contribution >= 0.6 is 11.6 Å². The molecule has 3 aromatic rings. The molecule has 0 spiro atoms. The van der Waals surface area contributed by atoms with Crippen LogP contribution in [0.2, 0.25) is 5.02 Å². The second kappa shape index (κ2) is 5.31. The number of rotatable bonds is 2. The van der Waals surface area contributed by atoms with Gasteiger partial charge in [0.15, 0.2) is 0 Å². The van der Waals surface area contributed by atoms with Crippen molar-refractivity contribution in [3.8, 4) is 22.9 Å². The Morgan fingerprint density at radius 2 is 2.00 bits per heavy atom. The molecule has 21 heavy (non-hydrogen) atoms. The Kier molecular flexibility index (Phi) is 3.35. The predicted octanol–water partition coefficient (Wildman–Crippen LogP) is 3.65. The van der Waals surface area contributed by atoms with Crippen molar-refractivity contribution in [3.63, 3.8) is 0 Å². The first-order valence-corrected chi connectivity index (χ1v) is 6.66. The van der Waals surface area contributed by atoms with Gasteiger partial charge in [0, 0.05) is 17.4 Å². The molecule has 0 fully saturated rings. The lowest BCUT2D eigenvalue weighted by Crippen LogP contribution is -1.95. The quantitative estimate of drug-likeness (QED) is 0.734. The molecule has 5 heteroatoms. The molecule has 0 aliphatic heterocycles. The van der Waals surface area contributed by atoms with Crippen LogP contribution in [-0.4, -0.2) is 9.78 Å². The van der Waals surface area contributed by atoms with Crippen LogP contribution in [0.1, 0.15) is 5.56 Å². The number of halogens is 1. The standard InChI is InChI=1S/C16H11ClN4/c17-15-6-11(8-18)4-5-16(15)21-10-13(9-20-21)12-2-1-3-14(19)7-12/h1-7,9-10H,19H2. The molecular formula is C16H11ClN4. The van der Waals surface area contributed by atoms with E-state index >= 15 is 0 Å². The van der Waals surface area contributed by atoms with E-state index in [4.69, 9.17) is 22.6 Å². The molecule has 0 unspecified atom stereocenters. The maximum Gasteiger partial charge on any atom is 0.0992 e. The SMILES string of the molecule is N#Cc1ccc(-n2cc(-c3cccc(N)c3)cn2)c(Cl)c1. The second-order valence-electron chi connectivity index (χ2n) is 4.58. The third-order valence-electron chi connectivity index (χ3n) is 3.13. The van der Waals surface area contributed by atoms with Gasteiger partial charge in [0.1, 0.15) is 0 Å². The Morgan fingerprint density at radius 3 is 2.71 bits per heavy atom. The van der Waals surface area contributed by atoms with Crippen molar-refractivity contribution >= 4 is 17.3 Å². The van der Waals surface area contributed by atoms with Gasteiger partial charge in [0.05, 0.1) is 28.5 Å². The molecule has 0 aliphatic rings. The molecule has 0 bridgehead atoms. The normalized spacial score (nSPS) is 10.3. The number of nitriles is 1. The lowest BCUT2D eigenvalue weighted by Gasteiger charge is -2.04. The van der Waals surface area contributed by atoms with E-state index in [9.17, 15) is 0 Å². The summed E-state index contributed by atoms with van der Waals surface area (Å²) < 4.78 is 1.68. The zero-order chi connectivity index (χ0) is 14.8. The monoisotopic (exact) mass is 294 g/mol. The predicted molar refractivity (Wildman–Crippen MR) is 83.1 cm³/mol. The van der Waals surface area contributed by atoms with Crippen LogP contribution < -0.4 is 5.73 Å². The van der Waals surface area contributed by atoms with Gasteiger partial charge in [-0.05, 0) is 35.9 Å². The van der Waals surface area contributed by atoms with Crippen molar-refractivity contribution in [1.82, 2.24) is 9.78 Å². The number of hydrogen-bond acceptors (Lipinski definition) is 3. The molecule has 1 aromatic heterocycles. The summed E-state index contributed by atoms with van der Waals surface area (Å²) in [6.07, 6.45) is 3.63. The average molecular weight is 295 g/mol. The molecule has 0 aliphatic carbocycles. The Morgan fingerprint density at radius 1 is 1.14 bits per heavy atom. The molecule has 3 rings (SSSR count). The number of anilines is 1. The summed E-state index contributed by atoms with van der Waals surface area (Å²) in [5.41, 5.74) is 9.68. The van der Waals surface area contributed by atoms with Gasteiger partial charge < -0.3 is 5.73 Å². The van der Waals surface area contributed by atoms with Gasteiger partial charge in [-0.1, -0.05) is 23.7 Å². The Bertz CT molecular complexity index is 845. The Hall–Kier alpha value is -2.77. The minimum atomic E-state index is 0.483.